The Morgan fingerprint density at radius 2 is 1.65 bits per heavy atom. The Bertz CT molecular complexity index is 719. The number of nitrogens with zero attached hydrogens (tertiary/aromatic N) is 2. The standard InChI is InChI=1S/C13H9N3O/c17-13-11-8-4-5-9-12(11)14-16(15-13)10-6-2-1-3-7-10/h1-9H/p+1. The molecule has 17 heavy (non-hydrogen) atoms. The summed E-state index contributed by atoms with van der Waals surface area (Å²) in [5, 5.41) is 7.68. The topological polar surface area (TPSA) is 49.6 Å². The lowest BCUT2D eigenvalue weighted by molar-refractivity contribution is -0.718. The molecule has 1 heterocycles. The molecule has 0 saturated carbocycles. The van der Waals surface area contributed by atoms with Crippen molar-refractivity contribution in [2.24, 2.45) is 0 Å². The van der Waals surface area contributed by atoms with Crippen LogP contribution in [0.15, 0.2) is 59.4 Å². The molecule has 0 aliphatic carbocycles. The van der Waals surface area contributed by atoms with Gasteiger partial charge in [-0.2, -0.15) is 0 Å². The Kier molecular flexibility index (Phi) is 2.19. The lowest BCUT2D eigenvalue weighted by Crippen LogP contribution is -2.44. The molecular weight excluding hydrogens is 214 g/mol. The molecule has 3 rings (SSSR count). The van der Waals surface area contributed by atoms with Gasteiger partial charge >= 0.3 is 5.56 Å². The third-order valence-corrected chi connectivity index (χ3v) is 2.56. The Labute approximate surface area is 97.1 Å². The molecule has 0 amide bonds. The molecule has 0 aliphatic heterocycles. The van der Waals surface area contributed by atoms with E-state index in [0.29, 0.717) is 10.9 Å². The fraction of sp³-hybridized carbons (Fsp3) is 0. The minimum absolute atomic E-state index is 0.139. The van der Waals surface area contributed by atoms with E-state index in [1.807, 2.05) is 48.5 Å². The summed E-state index contributed by atoms with van der Waals surface area (Å²) in [6.07, 6.45) is 0. The number of nitrogens with one attached hydrogen (secondary N) is 1. The van der Waals surface area contributed by atoms with Crippen molar-refractivity contribution in [2.75, 3.05) is 0 Å². The average Bonchev–Trinajstić information content (AvgIpc) is 2.40. The smallest absolute Gasteiger partial charge is 0.263 e. The molecule has 0 radical (unpaired) electrons. The van der Waals surface area contributed by atoms with Crippen molar-refractivity contribution in [3.63, 3.8) is 0 Å². The van der Waals surface area contributed by atoms with Gasteiger partial charge in [0.15, 0.2) is 0 Å². The highest BCUT2D eigenvalue weighted by Crippen LogP contribution is 2.03. The first kappa shape index (κ1) is 9.72. The van der Waals surface area contributed by atoms with Crippen LogP contribution < -0.4 is 10.4 Å². The van der Waals surface area contributed by atoms with Crippen molar-refractivity contribution < 1.29 is 4.80 Å². The SMILES string of the molecule is O=c1[nH][n+](-c2ccccc2)nc2ccccc12. The third-order valence-electron chi connectivity index (χ3n) is 2.56. The highest BCUT2D eigenvalue weighted by Gasteiger charge is 2.11. The van der Waals surface area contributed by atoms with Crippen LogP contribution in [0, 0.1) is 0 Å². The van der Waals surface area contributed by atoms with Crippen molar-refractivity contribution in [1.29, 1.82) is 0 Å². The van der Waals surface area contributed by atoms with Gasteiger partial charge in [-0.1, -0.05) is 35.4 Å². The maximum atomic E-state index is 11.9. The summed E-state index contributed by atoms with van der Waals surface area (Å²) in [7, 11) is 0. The molecule has 4 heteroatoms. The van der Waals surface area contributed by atoms with Crippen LogP contribution in [0.4, 0.5) is 0 Å². The highest BCUT2D eigenvalue weighted by atomic mass is 16.1. The molecule has 0 unspecified atom stereocenters. The summed E-state index contributed by atoms with van der Waals surface area (Å²) < 4.78 is 0. The fourth-order valence-corrected chi connectivity index (χ4v) is 1.73. The summed E-state index contributed by atoms with van der Waals surface area (Å²) in [6, 6.07) is 16.8. The monoisotopic (exact) mass is 224 g/mol. The molecule has 0 spiro atoms. The van der Waals surface area contributed by atoms with E-state index in [1.165, 1.54) is 4.80 Å². The molecular formula is C13H10N3O+. The van der Waals surface area contributed by atoms with Gasteiger partial charge in [-0.05, 0) is 12.1 Å². The summed E-state index contributed by atoms with van der Waals surface area (Å²) in [4.78, 5) is 13.3. The van der Waals surface area contributed by atoms with E-state index in [1.54, 1.807) is 6.07 Å². The lowest BCUT2D eigenvalue weighted by Gasteiger charge is -1.94. The zero-order valence-corrected chi connectivity index (χ0v) is 9.00. The number of rotatable bonds is 1. The summed E-state index contributed by atoms with van der Waals surface area (Å²) in [5.74, 6) is 0. The van der Waals surface area contributed by atoms with Gasteiger partial charge in [0.25, 0.3) is 5.69 Å². The average molecular weight is 224 g/mol. The maximum absolute atomic E-state index is 11.9. The van der Waals surface area contributed by atoms with Crippen molar-refractivity contribution in [2.45, 2.75) is 0 Å². The minimum atomic E-state index is -0.139. The molecule has 1 N–H and O–H groups in total. The molecule has 0 atom stereocenters. The van der Waals surface area contributed by atoms with Gasteiger partial charge in [0.05, 0.1) is 5.39 Å². The van der Waals surface area contributed by atoms with E-state index in [0.717, 1.165) is 5.69 Å². The normalized spacial score (nSPS) is 10.6. The Hall–Kier alpha value is -2.49. The van der Waals surface area contributed by atoms with Gasteiger partial charge in [0.1, 0.15) is 5.52 Å². The van der Waals surface area contributed by atoms with Crippen molar-refractivity contribution in [1.82, 2.24) is 10.2 Å². The maximum Gasteiger partial charge on any atom is 0.310 e. The predicted octanol–water partition coefficient (Wildman–Crippen LogP) is 1.20. The molecule has 0 fully saturated rings. The van der Waals surface area contributed by atoms with E-state index < -0.39 is 0 Å². The van der Waals surface area contributed by atoms with Crippen LogP contribution in [0.3, 0.4) is 0 Å². The van der Waals surface area contributed by atoms with Gasteiger partial charge in [-0.15, -0.1) is 0 Å². The third kappa shape index (κ3) is 1.69. The number of aromatic amines is 1. The number of hydrogen-bond donors (Lipinski definition) is 1. The van der Waals surface area contributed by atoms with Crippen LogP contribution in [-0.2, 0) is 0 Å². The van der Waals surface area contributed by atoms with E-state index in [9.17, 15) is 4.79 Å². The van der Waals surface area contributed by atoms with Crippen LogP contribution in [0.2, 0.25) is 0 Å². The van der Waals surface area contributed by atoms with Crippen molar-refractivity contribution in [3.05, 3.63) is 65.0 Å². The molecule has 0 bridgehead atoms. The summed E-state index contributed by atoms with van der Waals surface area (Å²) in [5.41, 5.74) is 1.37. The fourth-order valence-electron chi connectivity index (χ4n) is 1.73. The predicted molar refractivity (Wildman–Crippen MR) is 63.9 cm³/mol. The summed E-state index contributed by atoms with van der Waals surface area (Å²) in [6.45, 7) is 0. The Morgan fingerprint density at radius 1 is 0.941 bits per heavy atom. The number of fused-ring (bicyclic) bond motifs is 1. The van der Waals surface area contributed by atoms with Crippen molar-refractivity contribution >= 4 is 10.9 Å². The number of para-hydroxylation sites is 1. The van der Waals surface area contributed by atoms with Gasteiger partial charge < -0.3 is 0 Å². The van der Waals surface area contributed by atoms with E-state index >= 15 is 0 Å². The second-order valence-electron chi connectivity index (χ2n) is 3.71. The number of benzene rings is 2. The summed E-state index contributed by atoms with van der Waals surface area (Å²) >= 11 is 0. The Morgan fingerprint density at radius 3 is 2.47 bits per heavy atom. The number of aromatic nitrogens is 3. The van der Waals surface area contributed by atoms with E-state index in [4.69, 9.17) is 0 Å². The zero-order valence-electron chi connectivity index (χ0n) is 9.00. The second kappa shape index (κ2) is 3.83. The van der Waals surface area contributed by atoms with Crippen molar-refractivity contribution in [3.8, 4) is 5.69 Å². The molecule has 2 aromatic carbocycles. The first-order valence-corrected chi connectivity index (χ1v) is 5.31. The molecule has 4 nitrogen and oxygen atoms in total. The Balaban J connectivity index is 2.30. The molecule has 0 saturated heterocycles. The molecule has 0 aliphatic rings. The largest absolute Gasteiger partial charge is 0.310 e. The van der Waals surface area contributed by atoms with Gasteiger partial charge in [0.2, 0.25) is 0 Å². The van der Waals surface area contributed by atoms with Gasteiger partial charge in [-0.3, -0.25) is 4.79 Å². The van der Waals surface area contributed by atoms with Gasteiger partial charge in [0, 0.05) is 22.0 Å². The van der Waals surface area contributed by atoms with Crippen LogP contribution in [0.5, 0.6) is 0 Å². The molecule has 3 aromatic rings. The lowest BCUT2D eigenvalue weighted by atomic mass is 10.2. The van der Waals surface area contributed by atoms with Crippen LogP contribution >= 0.6 is 0 Å². The van der Waals surface area contributed by atoms with E-state index in [-0.39, 0.29) is 5.56 Å². The van der Waals surface area contributed by atoms with E-state index in [2.05, 4.69) is 10.2 Å². The number of hydrogen-bond acceptors (Lipinski definition) is 2. The van der Waals surface area contributed by atoms with Gasteiger partial charge in [-0.25, -0.2) is 0 Å². The quantitative estimate of drug-likeness (QED) is 0.631. The van der Waals surface area contributed by atoms with Crippen LogP contribution in [0.1, 0.15) is 0 Å². The zero-order chi connectivity index (χ0) is 11.7. The first-order valence-electron chi connectivity index (χ1n) is 5.31. The molecule has 82 valence electrons. The van der Waals surface area contributed by atoms with Crippen LogP contribution in [-0.4, -0.2) is 10.2 Å². The first-order chi connectivity index (χ1) is 8.34. The highest BCUT2D eigenvalue weighted by molar-refractivity contribution is 5.75. The second-order valence-corrected chi connectivity index (χ2v) is 3.71. The van der Waals surface area contributed by atoms with Crippen LogP contribution in [0.25, 0.3) is 16.6 Å². The number of H-pyrrole nitrogens is 1. The molecule has 1 aromatic heterocycles. The minimum Gasteiger partial charge on any atom is -0.263 e.